The molecule has 1 aliphatic heterocycles. The Hall–Kier alpha value is -1.53. The number of morpholine rings is 1. The molecule has 1 aliphatic rings. The van der Waals surface area contributed by atoms with Crippen molar-refractivity contribution in [3.8, 4) is 0 Å². The molecular formula is C12H17N3O3. The van der Waals surface area contributed by atoms with E-state index in [1.54, 1.807) is 4.90 Å². The molecule has 0 saturated carbocycles. The largest absolute Gasteiger partial charge is 0.394 e. The number of carbonyl (C=O) groups is 1. The van der Waals surface area contributed by atoms with E-state index in [1.165, 1.54) is 18.7 Å². The van der Waals surface area contributed by atoms with E-state index in [0.717, 1.165) is 0 Å². The number of aromatic nitrogens is 2. The van der Waals surface area contributed by atoms with Gasteiger partial charge in [0.15, 0.2) is 0 Å². The topological polar surface area (TPSA) is 75.6 Å². The van der Waals surface area contributed by atoms with Crippen LogP contribution in [-0.4, -0.2) is 57.3 Å². The number of rotatable bonds is 2. The summed E-state index contributed by atoms with van der Waals surface area (Å²) in [5, 5.41) is 9.21. The van der Waals surface area contributed by atoms with Crippen LogP contribution < -0.4 is 0 Å². The van der Waals surface area contributed by atoms with Crippen molar-refractivity contribution in [3.63, 3.8) is 0 Å². The Morgan fingerprint density at radius 3 is 2.83 bits per heavy atom. The first-order valence-electron chi connectivity index (χ1n) is 5.85. The van der Waals surface area contributed by atoms with Gasteiger partial charge in [-0.15, -0.1) is 0 Å². The number of nitrogens with zero attached hydrogens (tertiary/aromatic N) is 3. The van der Waals surface area contributed by atoms with Gasteiger partial charge in [0.2, 0.25) is 0 Å². The molecule has 6 nitrogen and oxygen atoms in total. The molecule has 0 aliphatic carbocycles. The lowest BCUT2D eigenvalue weighted by molar-refractivity contribution is -0.139. The maximum atomic E-state index is 12.3. The van der Waals surface area contributed by atoms with Crippen molar-refractivity contribution in [2.24, 2.45) is 0 Å². The molecule has 0 spiro atoms. The minimum Gasteiger partial charge on any atom is -0.394 e. The molecule has 98 valence electrons. The average Bonchev–Trinajstić information content (AvgIpc) is 2.37. The molecule has 6 heteroatoms. The van der Waals surface area contributed by atoms with E-state index in [4.69, 9.17) is 4.74 Å². The van der Waals surface area contributed by atoms with Gasteiger partial charge in [-0.2, -0.15) is 0 Å². The number of ether oxygens (including phenoxy) is 1. The van der Waals surface area contributed by atoms with Gasteiger partial charge < -0.3 is 14.7 Å². The lowest BCUT2D eigenvalue weighted by Crippen LogP contribution is -2.55. The molecule has 0 radical (unpaired) electrons. The summed E-state index contributed by atoms with van der Waals surface area (Å²) in [4.78, 5) is 21.6. The molecule has 1 N–H and O–H groups in total. The lowest BCUT2D eigenvalue weighted by atomic mass is 10.0. The molecule has 1 fully saturated rings. The van der Waals surface area contributed by atoms with Crippen LogP contribution >= 0.6 is 0 Å². The Bertz CT molecular complexity index is 422. The van der Waals surface area contributed by atoms with E-state index in [0.29, 0.717) is 18.7 Å². The summed E-state index contributed by atoms with van der Waals surface area (Å²) in [5.41, 5.74) is -0.0105. The highest BCUT2D eigenvalue weighted by atomic mass is 16.5. The minimum atomic E-state index is -0.461. The minimum absolute atomic E-state index is 0.0987. The molecule has 2 heterocycles. The van der Waals surface area contributed by atoms with Gasteiger partial charge in [-0.05, 0) is 13.8 Å². The third kappa shape index (κ3) is 2.83. The summed E-state index contributed by atoms with van der Waals surface area (Å²) in [6.07, 6.45) is 4.02. The van der Waals surface area contributed by atoms with Crippen LogP contribution in [0.2, 0.25) is 0 Å². The van der Waals surface area contributed by atoms with Gasteiger partial charge in [0.25, 0.3) is 5.91 Å². The van der Waals surface area contributed by atoms with Crippen LogP contribution in [0.5, 0.6) is 0 Å². The van der Waals surface area contributed by atoms with Crippen LogP contribution in [0.25, 0.3) is 0 Å². The Labute approximate surface area is 106 Å². The Kier molecular flexibility index (Phi) is 3.58. The van der Waals surface area contributed by atoms with E-state index in [1.807, 2.05) is 13.8 Å². The van der Waals surface area contributed by atoms with Crippen molar-refractivity contribution < 1.29 is 14.6 Å². The zero-order chi connectivity index (χ0) is 13.2. The lowest BCUT2D eigenvalue weighted by Gasteiger charge is -2.42. The quantitative estimate of drug-likeness (QED) is 0.806. The summed E-state index contributed by atoms with van der Waals surface area (Å²) < 4.78 is 5.66. The van der Waals surface area contributed by atoms with Gasteiger partial charge >= 0.3 is 0 Å². The predicted octanol–water partition coefficient (Wildman–Crippen LogP) is 0.0885. The fourth-order valence-corrected chi connectivity index (χ4v) is 2.14. The molecule has 0 bridgehead atoms. The molecule has 1 aromatic heterocycles. The maximum absolute atomic E-state index is 12.3. The Balaban J connectivity index is 2.15. The smallest absolute Gasteiger partial charge is 0.257 e. The molecule has 0 aromatic carbocycles. The Morgan fingerprint density at radius 2 is 2.22 bits per heavy atom. The van der Waals surface area contributed by atoms with Crippen LogP contribution in [-0.2, 0) is 4.74 Å². The highest BCUT2D eigenvalue weighted by Crippen LogP contribution is 2.22. The van der Waals surface area contributed by atoms with Crippen molar-refractivity contribution in [2.75, 3.05) is 19.7 Å². The summed E-state index contributed by atoms with van der Waals surface area (Å²) in [5.74, 6) is -0.134. The summed E-state index contributed by atoms with van der Waals surface area (Å²) in [7, 11) is 0. The van der Waals surface area contributed by atoms with Crippen LogP contribution in [0.1, 0.15) is 24.2 Å². The fourth-order valence-electron chi connectivity index (χ4n) is 2.14. The monoisotopic (exact) mass is 251 g/mol. The van der Waals surface area contributed by atoms with E-state index in [-0.39, 0.29) is 18.6 Å². The predicted molar refractivity (Wildman–Crippen MR) is 64.0 cm³/mol. The number of hydrogen-bond donors (Lipinski definition) is 1. The van der Waals surface area contributed by atoms with Crippen molar-refractivity contribution in [1.82, 2.24) is 14.9 Å². The molecular weight excluding hydrogens is 234 g/mol. The van der Waals surface area contributed by atoms with Gasteiger partial charge in [-0.3, -0.25) is 4.79 Å². The second-order valence-corrected chi connectivity index (χ2v) is 4.99. The number of amides is 1. The van der Waals surface area contributed by atoms with Gasteiger partial charge in [0, 0.05) is 25.5 Å². The standard InChI is InChI=1S/C12H17N3O3/c1-12(2)7-15(5-10(6-16)18-12)11(17)9-3-13-8-14-4-9/h3-4,8,10,16H,5-7H2,1-2H3. The molecule has 18 heavy (non-hydrogen) atoms. The molecule has 1 unspecified atom stereocenters. The van der Waals surface area contributed by atoms with Crippen molar-refractivity contribution in [1.29, 1.82) is 0 Å². The molecule has 1 amide bonds. The maximum Gasteiger partial charge on any atom is 0.257 e. The van der Waals surface area contributed by atoms with E-state index in [9.17, 15) is 9.90 Å². The van der Waals surface area contributed by atoms with Crippen LogP contribution in [0.3, 0.4) is 0 Å². The number of aliphatic hydroxyl groups excluding tert-OH is 1. The summed E-state index contributed by atoms with van der Waals surface area (Å²) in [6, 6.07) is 0. The molecule has 1 aromatic rings. The molecule has 1 saturated heterocycles. The first-order chi connectivity index (χ1) is 8.52. The molecule has 1 atom stereocenters. The Morgan fingerprint density at radius 1 is 1.56 bits per heavy atom. The van der Waals surface area contributed by atoms with Crippen LogP contribution in [0, 0.1) is 0 Å². The number of hydrogen-bond acceptors (Lipinski definition) is 5. The van der Waals surface area contributed by atoms with Crippen LogP contribution in [0.4, 0.5) is 0 Å². The first kappa shape index (κ1) is 12.9. The highest BCUT2D eigenvalue weighted by molar-refractivity contribution is 5.93. The third-order valence-electron chi connectivity index (χ3n) is 2.78. The van der Waals surface area contributed by atoms with Gasteiger partial charge in [-0.25, -0.2) is 9.97 Å². The third-order valence-corrected chi connectivity index (χ3v) is 2.78. The average molecular weight is 251 g/mol. The van der Waals surface area contributed by atoms with Gasteiger partial charge in [-0.1, -0.05) is 0 Å². The second kappa shape index (κ2) is 4.99. The summed E-state index contributed by atoms with van der Waals surface area (Å²) >= 11 is 0. The normalized spacial score (nSPS) is 22.8. The zero-order valence-electron chi connectivity index (χ0n) is 10.5. The second-order valence-electron chi connectivity index (χ2n) is 4.99. The highest BCUT2D eigenvalue weighted by Gasteiger charge is 2.35. The number of carbonyl (C=O) groups excluding carboxylic acids is 1. The van der Waals surface area contributed by atoms with Crippen LogP contribution in [0.15, 0.2) is 18.7 Å². The SMILES string of the molecule is CC1(C)CN(C(=O)c2cncnc2)CC(CO)O1. The van der Waals surface area contributed by atoms with E-state index < -0.39 is 5.60 Å². The molecule has 2 rings (SSSR count). The number of aliphatic hydroxyl groups is 1. The summed E-state index contributed by atoms with van der Waals surface area (Å²) in [6.45, 7) is 4.57. The van der Waals surface area contributed by atoms with Gasteiger partial charge in [0.1, 0.15) is 6.33 Å². The van der Waals surface area contributed by atoms with Crippen molar-refractivity contribution >= 4 is 5.91 Å². The van der Waals surface area contributed by atoms with E-state index >= 15 is 0 Å². The van der Waals surface area contributed by atoms with Crippen molar-refractivity contribution in [3.05, 3.63) is 24.3 Å². The van der Waals surface area contributed by atoms with Crippen molar-refractivity contribution in [2.45, 2.75) is 25.6 Å². The fraction of sp³-hybridized carbons (Fsp3) is 0.583. The first-order valence-corrected chi connectivity index (χ1v) is 5.85. The van der Waals surface area contributed by atoms with E-state index in [2.05, 4.69) is 9.97 Å². The zero-order valence-corrected chi connectivity index (χ0v) is 10.5. The van der Waals surface area contributed by atoms with Gasteiger partial charge in [0.05, 0.1) is 23.9 Å².